The summed E-state index contributed by atoms with van der Waals surface area (Å²) in [5.41, 5.74) is -1.49. The molecule has 38 heavy (non-hydrogen) atoms. The number of esters is 1. The number of hydrogen-bond acceptors (Lipinski definition) is 8. The molecule has 0 fully saturated rings. The van der Waals surface area contributed by atoms with E-state index in [1.165, 1.54) is 13.2 Å². The Balaban J connectivity index is 2.81. The number of amides is 2. The normalized spacial score (nSPS) is 11.4. The lowest BCUT2D eigenvalue weighted by Crippen LogP contribution is -2.44. The number of benzene rings is 2. The smallest absolute Gasteiger partial charge is 0.424 e. The van der Waals surface area contributed by atoms with Gasteiger partial charge in [-0.15, -0.1) is 0 Å². The Bertz CT molecular complexity index is 1100. The standard InChI is InChI=1S/C29H39NO8/c1-10-11-17-35-24-21(30(26(32)37-28(3,4)5)27(33)38-29(6,7)8)18-22(34-9)19(2)23(24)25(31)36-20-15-13-12-14-16-20/h12-16,18H,10-11,17H2,1-9H3. The van der Waals surface area contributed by atoms with Crippen LogP contribution in [0.1, 0.15) is 77.2 Å². The van der Waals surface area contributed by atoms with Gasteiger partial charge < -0.3 is 23.7 Å². The van der Waals surface area contributed by atoms with Crippen LogP contribution in [0.4, 0.5) is 15.3 Å². The number of para-hydroxylation sites is 1. The maximum atomic E-state index is 13.5. The molecule has 2 amide bonds. The fourth-order valence-electron chi connectivity index (χ4n) is 3.34. The lowest BCUT2D eigenvalue weighted by Gasteiger charge is -2.30. The van der Waals surface area contributed by atoms with Crippen LogP contribution in [0, 0.1) is 6.92 Å². The average molecular weight is 530 g/mol. The molecule has 9 heteroatoms. The van der Waals surface area contributed by atoms with Crippen LogP contribution in [0.25, 0.3) is 0 Å². The summed E-state index contributed by atoms with van der Waals surface area (Å²) in [7, 11) is 1.42. The minimum Gasteiger partial charge on any atom is -0.496 e. The number of carbonyl (C=O) groups is 3. The highest BCUT2D eigenvalue weighted by atomic mass is 16.6. The quantitative estimate of drug-likeness (QED) is 0.203. The van der Waals surface area contributed by atoms with Crippen LogP contribution in [0.3, 0.4) is 0 Å². The van der Waals surface area contributed by atoms with Gasteiger partial charge in [-0.05, 0) is 67.0 Å². The molecule has 0 aliphatic heterocycles. The van der Waals surface area contributed by atoms with E-state index in [2.05, 4.69) is 0 Å². The van der Waals surface area contributed by atoms with Crippen LogP contribution in [-0.2, 0) is 9.47 Å². The van der Waals surface area contributed by atoms with Gasteiger partial charge in [0.2, 0.25) is 0 Å². The van der Waals surface area contributed by atoms with Gasteiger partial charge in [-0.3, -0.25) is 0 Å². The molecule has 0 aliphatic rings. The summed E-state index contributed by atoms with van der Waals surface area (Å²) in [4.78, 5) is 41.1. The lowest BCUT2D eigenvalue weighted by atomic mass is 10.0. The van der Waals surface area contributed by atoms with E-state index >= 15 is 0 Å². The first-order chi connectivity index (χ1) is 17.7. The van der Waals surface area contributed by atoms with Gasteiger partial charge in [0, 0.05) is 11.6 Å². The third-order valence-electron chi connectivity index (χ3n) is 4.99. The molecule has 0 N–H and O–H groups in total. The van der Waals surface area contributed by atoms with Crippen molar-refractivity contribution in [2.45, 2.75) is 79.4 Å². The second-order valence-electron chi connectivity index (χ2n) is 10.6. The summed E-state index contributed by atoms with van der Waals surface area (Å²) in [6.45, 7) is 13.9. The number of methoxy groups -OCH3 is 1. The second-order valence-corrected chi connectivity index (χ2v) is 10.6. The first-order valence-corrected chi connectivity index (χ1v) is 12.6. The van der Waals surface area contributed by atoms with E-state index in [0.717, 1.165) is 11.3 Å². The highest BCUT2D eigenvalue weighted by molar-refractivity contribution is 6.12. The van der Waals surface area contributed by atoms with E-state index < -0.39 is 29.4 Å². The molecule has 2 aromatic rings. The molecule has 9 nitrogen and oxygen atoms in total. The molecule has 0 atom stereocenters. The van der Waals surface area contributed by atoms with Crippen LogP contribution in [0.2, 0.25) is 0 Å². The van der Waals surface area contributed by atoms with E-state index in [4.69, 9.17) is 23.7 Å². The van der Waals surface area contributed by atoms with E-state index in [9.17, 15) is 14.4 Å². The summed E-state index contributed by atoms with van der Waals surface area (Å²) >= 11 is 0. The monoisotopic (exact) mass is 529 g/mol. The zero-order valence-electron chi connectivity index (χ0n) is 23.8. The van der Waals surface area contributed by atoms with Crippen molar-refractivity contribution in [2.75, 3.05) is 18.6 Å². The van der Waals surface area contributed by atoms with Crippen LogP contribution < -0.4 is 19.1 Å². The molecule has 0 aromatic heterocycles. The van der Waals surface area contributed by atoms with Crippen molar-refractivity contribution in [3.8, 4) is 17.2 Å². The van der Waals surface area contributed by atoms with Crippen molar-refractivity contribution in [3.63, 3.8) is 0 Å². The number of anilines is 1. The number of unbranched alkanes of at least 4 members (excludes halogenated alkanes) is 1. The largest absolute Gasteiger partial charge is 0.496 e. The van der Waals surface area contributed by atoms with E-state index in [1.54, 1.807) is 78.8 Å². The Morgan fingerprint density at radius 1 is 0.895 bits per heavy atom. The molecule has 0 heterocycles. The molecule has 0 aliphatic carbocycles. The molecular formula is C29H39NO8. The zero-order valence-corrected chi connectivity index (χ0v) is 23.8. The molecule has 208 valence electrons. The van der Waals surface area contributed by atoms with Gasteiger partial charge in [-0.2, -0.15) is 4.90 Å². The summed E-state index contributed by atoms with van der Waals surface area (Å²) in [5.74, 6) is -0.208. The Kier molecular flexibility index (Phi) is 10.2. The second kappa shape index (κ2) is 12.7. The number of rotatable bonds is 8. The molecular weight excluding hydrogens is 490 g/mol. The summed E-state index contributed by atoms with van der Waals surface area (Å²) in [6.07, 6.45) is -0.520. The third-order valence-corrected chi connectivity index (χ3v) is 4.99. The van der Waals surface area contributed by atoms with Crippen molar-refractivity contribution in [2.24, 2.45) is 0 Å². The highest BCUT2D eigenvalue weighted by Crippen LogP contribution is 2.42. The Hall–Kier alpha value is -3.75. The van der Waals surface area contributed by atoms with Crippen molar-refractivity contribution in [1.82, 2.24) is 0 Å². The topological polar surface area (TPSA) is 101 Å². The molecule has 0 saturated carbocycles. The Morgan fingerprint density at radius 2 is 1.45 bits per heavy atom. The molecule has 0 saturated heterocycles. The van der Waals surface area contributed by atoms with Crippen LogP contribution in [-0.4, -0.2) is 43.1 Å². The van der Waals surface area contributed by atoms with Gasteiger partial charge in [0.25, 0.3) is 0 Å². The van der Waals surface area contributed by atoms with Crippen molar-refractivity contribution < 1.29 is 38.1 Å². The molecule has 2 rings (SSSR count). The predicted octanol–water partition coefficient (Wildman–Crippen LogP) is 7.08. The van der Waals surface area contributed by atoms with Crippen LogP contribution >= 0.6 is 0 Å². The molecule has 2 aromatic carbocycles. The van der Waals surface area contributed by atoms with E-state index in [0.29, 0.717) is 17.7 Å². The van der Waals surface area contributed by atoms with Crippen molar-refractivity contribution >= 4 is 23.8 Å². The summed E-state index contributed by atoms with van der Waals surface area (Å²) < 4.78 is 28.3. The van der Waals surface area contributed by atoms with Gasteiger partial charge in [0.15, 0.2) is 5.75 Å². The van der Waals surface area contributed by atoms with Crippen LogP contribution in [0.15, 0.2) is 36.4 Å². The first-order valence-electron chi connectivity index (χ1n) is 12.6. The molecule has 0 spiro atoms. The van der Waals surface area contributed by atoms with Crippen LogP contribution in [0.5, 0.6) is 17.2 Å². The predicted molar refractivity (Wildman–Crippen MR) is 144 cm³/mol. The van der Waals surface area contributed by atoms with Gasteiger partial charge in [0.05, 0.1) is 13.7 Å². The van der Waals surface area contributed by atoms with Crippen molar-refractivity contribution in [3.05, 3.63) is 47.5 Å². The number of nitrogens with zero attached hydrogens (tertiary/aromatic N) is 1. The Morgan fingerprint density at radius 3 is 1.92 bits per heavy atom. The molecule has 0 bridgehead atoms. The maximum Gasteiger partial charge on any atom is 0.424 e. The zero-order chi connectivity index (χ0) is 28.7. The third kappa shape index (κ3) is 8.39. The fraction of sp³-hybridized carbons (Fsp3) is 0.483. The first kappa shape index (κ1) is 30.5. The number of carbonyl (C=O) groups excluding carboxylic acids is 3. The molecule has 0 unspecified atom stereocenters. The van der Waals surface area contributed by atoms with E-state index in [1.807, 2.05) is 6.92 Å². The average Bonchev–Trinajstić information content (AvgIpc) is 2.78. The maximum absolute atomic E-state index is 13.5. The van der Waals surface area contributed by atoms with Gasteiger partial charge >= 0.3 is 18.2 Å². The van der Waals surface area contributed by atoms with Gasteiger partial charge in [0.1, 0.15) is 34.0 Å². The minimum atomic E-state index is -1.000. The fourth-order valence-corrected chi connectivity index (χ4v) is 3.34. The number of hydrogen-bond donors (Lipinski definition) is 0. The number of ether oxygens (including phenoxy) is 5. The highest BCUT2D eigenvalue weighted by Gasteiger charge is 2.37. The number of imide groups is 1. The van der Waals surface area contributed by atoms with E-state index in [-0.39, 0.29) is 29.4 Å². The minimum absolute atomic E-state index is 0.0106. The molecule has 0 radical (unpaired) electrons. The van der Waals surface area contributed by atoms with Gasteiger partial charge in [-0.25, -0.2) is 14.4 Å². The summed E-state index contributed by atoms with van der Waals surface area (Å²) in [5, 5.41) is 0. The summed E-state index contributed by atoms with van der Waals surface area (Å²) in [6, 6.07) is 9.99. The Labute approximate surface area is 225 Å². The van der Waals surface area contributed by atoms with Crippen molar-refractivity contribution in [1.29, 1.82) is 0 Å². The lowest BCUT2D eigenvalue weighted by molar-refractivity contribution is 0.0427. The SMILES string of the molecule is CCCCOc1c(N(C(=O)OC(C)(C)C)C(=O)OC(C)(C)C)cc(OC)c(C)c1C(=O)Oc1ccccc1. The van der Waals surface area contributed by atoms with Gasteiger partial charge in [-0.1, -0.05) is 31.5 Å².